The fourth-order valence-corrected chi connectivity index (χ4v) is 2.02. The van der Waals surface area contributed by atoms with Crippen LogP contribution in [0, 0.1) is 10.1 Å². The standard InChI is InChI=1S/C11H11N3O2S/c1-12-9-4-10(6-11(5-9)14(15)16)13-8-2-3-17-7-8/h2-7,12-13H,1H3. The van der Waals surface area contributed by atoms with Gasteiger partial charge in [0.15, 0.2) is 0 Å². The molecule has 0 aliphatic carbocycles. The average Bonchev–Trinajstić information content (AvgIpc) is 2.81. The van der Waals surface area contributed by atoms with Gasteiger partial charge < -0.3 is 10.6 Å². The van der Waals surface area contributed by atoms with Crippen LogP contribution in [0.3, 0.4) is 0 Å². The normalized spacial score (nSPS) is 9.94. The molecule has 0 radical (unpaired) electrons. The Morgan fingerprint density at radius 1 is 1.24 bits per heavy atom. The zero-order chi connectivity index (χ0) is 12.3. The fraction of sp³-hybridized carbons (Fsp3) is 0.0909. The first-order valence-corrected chi connectivity index (χ1v) is 5.90. The molecule has 2 rings (SSSR count). The molecule has 1 aromatic carbocycles. The van der Waals surface area contributed by atoms with E-state index in [0.29, 0.717) is 11.4 Å². The summed E-state index contributed by atoms with van der Waals surface area (Å²) in [4.78, 5) is 10.4. The molecule has 17 heavy (non-hydrogen) atoms. The third kappa shape index (κ3) is 2.73. The molecule has 0 amide bonds. The van der Waals surface area contributed by atoms with Crippen LogP contribution in [-0.2, 0) is 0 Å². The molecular weight excluding hydrogens is 238 g/mol. The van der Waals surface area contributed by atoms with Crippen molar-refractivity contribution in [2.75, 3.05) is 17.7 Å². The second-order valence-corrected chi connectivity index (χ2v) is 4.19. The molecule has 0 saturated heterocycles. The molecule has 0 bridgehead atoms. The largest absolute Gasteiger partial charge is 0.388 e. The van der Waals surface area contributed by atoms with Gasteiger partial charge in [-0.1, -0.05) is 0 Å². The van der Waals surface area contributed by atoms with Gasteiger partial charge >= 0.3 is 0 Å². The van der Waals surface area contributed by atoms with E-state index >= 15 is 0 Å². The predicted molar refractivity (Wildman–Crippen MR) is 70.2 cm³/mol. The van der Waals surface area contributed by atoms with Crippen LogP contribution in [0.25, 0.3) is 0 Å². The quantitative estimate of drug-likeness (QED) is 0.643. The minimum atomic E-state index is -0.403. The van der Waals surface area contributed by atoms with Crippen molar-refractivity contribution in [3.8, 4) is 0 Å². The van der Waals surface area contributed by atoms with E-state index in [2.05, 4.69) is 10.6 Å². The Morgan fingerprint density at radius 3 is 2.59 bits per heavy atom. The molecule has 0 unspecified atom stereocenters. The summed E-state index contributed by atoms with van der Waals surface area (Å²) in [6, 6.07) is 6.75. The number of benzene rings is 1. The summed E-state index contributed by atoms with van der Waals surface area (Å²) in [5, 5.41) is 20.7. The first-order valence-electron chi connectivity index (χ1n) is 4.95. The first-order chi connectivity index (χ1) is 8.19. The molecule has 2 aromatic rings. The Morgan fingerprint density at radius 2 is 2.00 bits per heavy atom. The van der Waals surface area contributed by atoms with Crippen LogP contribution in [0.5, 0.6) is 0 Å². The molecule has 1 aromatic heterocycles. The summed E-state index contributed by atoms with van der Waals surface area (Å²) < 4.78 is 0. The monoisotopic (exact) mass is 249 g/mol. The zero-order valence-electron chi connectivity index (χ0n) is 9.14. The van der Waals surface area contributed by atoms with Crippen molar-refractivity contribution in [3.63, 3.8) is 0 Å². The number of nitrogens with zero attached hydrogens (tertiary/aromatic N) is 1. The van der Waals surface area contributed by atoms with Gasteiger partial charge in [-0.25, -0.2) is 0 Å². The summed E-state index contributed by atoms with van der Waals surface area (Å²) in [6.45, 7) is 0. The van der Waals surface area contributed by atoms with E-state index < -0.39 is 4.92 Å². The molecular formula is C11H11N3O2S. The van der Waals surface area contributed by atoms with Crippen molar-refractivity contribution in [3.05, 3.63) is 45.1 Å². The van der Waals surface area contributed by atoms with Gasteiger partial charge in [0.05, 0.1) is 4.92 Å². The number of thiophene rings is 1. The number of nitro benzene ring substituents is 1. The molecule has 0 spiro atoms. The van der Waals surface area contributed by atoms with Crippen LogP contribution in [0.1, 0.15) is 0 Å². The number of nitrogens with one attached hydrogen (secondary N) is 2. The topological polar surface area (TPSA) is 67.2 Å². The smallest absolute Gasteiger partial charge is 0.273 e. The first kappa shape index (κ1) is 11.4. The highest BCUT2D eigenvalue weighted by molar-refractivity contribution is 7.08. The molecule has 0 aliphatic rings. The van der Waals surface area contributed by atoms with Gasteiger partial charge in [0.25, 0.3) is 5.69 Å². The molecule has 1 heterocycles. The summed E-state index contributed by atoms with van der Waals surface area (Å²) in [5.41, 5.74) is 2.39. The third-order valence-electron chi connectivity index (χ3n) is 2.23. The lowest BCUT2D eigenvalue weighted by molar-refractivity contribution is -0.384. The summed E-state index contributed by atoms with van der Waals surface area (Å²) >= 11 is 1.57. The van der Waals surface area contributed by atoms with Gasteiger partial charge in [-0.05, 0) is 17.5 Å². The number of hydrogen-bond acceptors (Lipinski definition) is 5. The van der Waals surface area contributed by atoms with Crippen molar-refractivity contribution in [2.24, 2.45) is 0 Å². The number of rotatable bonds is 4. The van der Waals surface area contributed by atoms with Crippen LogP contribution in [0.15, 0.2) is 35.0 Å². The van der Waals surface area contributed by atoms with Crippen molar-refractivity contribution in [2.45, 2.75) is 0 Å². The fourth-order valence-electron chi connectivity index (χ4n) is 1.44. The van der Waals surface area contributed by atoms with E-state index in [4.69, 9.17) is 0 Å². The van der Waals surface area contributed by atoms with Gasteiger partial charge in [-0.15, -0.1) is 0 Å². The van der Waals surface area contributed by atoms with Crippen molar-refractivity contribution >= 4 is 34.1 Å². The lowest BCUT2D eigenvalue weighted by Gasteiger charge is -2.07. The molecule has 0 fully saturated rings. The maximum atomic E-state index is 10.8. The van der Waals surface area contributed by atoms with Crippen LogP contribution in [0.2, 0.25) is 0 Å². The summed E-state index contributed by atoms with van der Waals surface area (Å²) in [7, 11) is 1.73. The van der Waals surface area contributed by atoms with E-state index in [1.165, 1.54) is 12.1 Å². The van der Waals surface area contributed by atoms with Gasteiger partial charge in [-0.3, -0.25) is 10.1 Å². The molecule has 2 N–H and O–H groups in total. The minimum absolute atomic E-state index is 0.0644. The van der Waals surface area contributed by atoms with Crippen LogP contribution in [0.4, 0.5) is 22.7 Å². The second kappa shape index (κ2) is 4.84. The van der Waals surface area contributed by atoms with Crippen molar-refractivity contribution in [1.82, 2.24) is 0 Å². The van der Waals surface area contributed by atoms with E-state index in [9.17, 15) is 10.1 Å². The highest BCUT2D eigenvalue weighted by Gasteiger charge is 2.09. The summed E-state index contributed by atoms with van der Waals surface area (Å²) in [5.74, 6) is 0. The highest BCUT2D eigenvalue weighted by Crippen LogP contribution is 2.27. The van der Waals surface area contributed by atoms with Gasteiger partial charge in [0.2, 0.25) is 0 Å². The number of hydrogen-bond donors (Lipinski definition) is 2. The summed E-state index contributed by atoms with van der Waals surface area (Å²) in [6.07, 6.45) is 0. The lowest BCUT2D eigenvalue weighted by Crippen LogP contribution is -1.96. The van der Waals surface area contributed by atoms with Crippen LogP contribution < -0.4 is 10.6 Å². The Hall–Kier alpha value is -2.08. The Bertz CT molecular complexity index is 526. The van der Waals surface area contributed by atoms with E-state index in [-0.39, 0.29) is 5.69 Å². The number of nitro groups is 1. The average molecular weight is 249 g/mol. The SMILES string of the molecule is CNc1cc(Nc2ccsc2)cc([N+](=O)[O-])c1. The second-order valence-electron chi connectivity index (χ2n) is 3.41. The molecule has 6 heteroatoms. The van der Waals surface area contributed by atoms with E-state index in [1.807, 2.05) is 22.9 Å². The number of non-ortho nitro benzene ring substituents is 1. The number of anilines is 3. The Labute approximate surface area is 102 Å². The molecule has 5 nitrogen and oxygen atoms in total. The predicted octanol–water partition coefficient (Wildman–Crippen LogP) is 3.44. The minimum Gasteiger partial charge on any atom is -0.388 e. The van der Waals surface area contributed by atoms with Crippen molar-refractivity contribution < 1.29 is 4.92 Å². The molecule has 0 saturated carbocycles. The van der Waals surface area contributed by atoms with Crippen LogP contribution >= 0.6 is 11.3 Å². The molecule has 0 atom stereocenters. The Balaban J connectivity index is 2.33. The highest BCUT2D eigenvalue weighted by atomic mass is 32.1. The maximum Gasteiger partial charge on any atom is 0.273 e. The third-order valence-corrected chi connectivity index (χ3v) is 2.91. The lowest BCUT2D eigenvalue weighted by atomic mass is 10.2. The maximum absolute atomic E-state index is 10.8. The van der Waals surface area contributed by atoms with Gasteiger partial charge in [-0.2, -0.15) is 11.3 Å². The Kier molecular flexibility index (Phi) is 3.24. The molecule has 0 aliphatic heterocycles. The van der Waals surface area contributed by atoms with Crippen LogP contribution in [-0.4, -0.2) is 12.0 Å². The van der Waals surface area contributed by atoms with Crippen molar-refractivity contribution in [1.29, 1.82) is 0 Å². The van der Waals surface area contributed by atoms with E-state index in [1.54, 1.807) is 18.4 Å². The van der Waals surface area contributed by atoms with E-state index in [0.717, 1.165) is 5.69 Å². The van der Waals surface area contributed by atoms with Gasteiger partial charge in [0, 0.05) is 41.6 Å². The van der Waals surface area contributed by atoms with Gasteiger partial charge in [0.1, 0.15) is 0 Å². The zero-order valence-corrected chi connectivity index (χ0v) is 9.95. The molecule has 88 valence electrons.